The molecule has 0 spiro atoms. The Hall–Kier alpha value is -1.07. The molecule has 2 fully saturated rings. The minimum Gasteiger partial charge on any atom is -0.351 e. The van der Waals surface area contributed by atoms with Crippen LogP contribution in [0.15, 0.2) is 18.2 Å². The van der Waals surface area contributed by atoms with E-state index in [2.05, 4.69) is 5.32 Å². The van der Waals surface area contributed by atoms with Crippen molar-refractivity contribution < 1.29 is 13.2 Å². The van der Waals surface area contributed by atoms with Gasteiger partial charge in [-0.15, -0.1) is 0 Å². The summed E-state index contributed by atoms with van der Waals surface area (Å²) in [5.41, 5.74) is 1.59. The van der Waals surface area contributed by atoms with Gasteiger partial charge in [0.05, 0.1) is 16.3 Å². The van der Waals surface area contributed by atoms with E-state index in [4.69, 9.17) is 11.6 Å². The average Bonchev–Trinajstić information content (AvgIpc) is 3.34. The molecule has 0 radical (unpaired) electrons. The molecule has 150 valence electrons. The molecule has 0 aliphatic heterocycles. The van der Waals surface area contributed by atoms with Crippen LogP contribution in [-0.2, 0) is 9.84 Å². The fraction of sp³-hybridized carbons (Fsp3) is 0.667. The maximum absolute atomic E-state index is 12.6. The van der Waals surface area contributed by atoms with Gasteiger partial charge in [0.1, 0.15) is 0 Å². The molecule has 2 saturated carbocycles. The van der Waals surface area contributed by atoms with Crippen molar-refractivity contribution in [1.82, 2.24) is 5.32 Å². The highest BCUT2D eigenvalue weighted by Crippen LogP contribution is 2.53. The minimum absolute atomic E-state index is 0.0560. The molecule has 0 heterocycles. The van der Waals surface area contributed by atoms with E-state index in [-0.39, 0.29) is 23.0 Å². The summed E-state index contributed by atoms with van der Waals surface area (Å²) >= 11 is 6.21. The molecule has 1 amide bonds. The highest BCUT2D eigenvalue weighted by Gasteiger charge is 2.48. The van der Waals surface area contributed by atoms with Crippen molar-refractivity contribution in [1.29, 1.82) is 0 Å². The molecule has 4 nitrogen and oxygen atoms in total. The smallest absolute Gasteiger partial charge is 0.252 e. The van der Waals surface area contributed by atoms with Crippen LogP contribution in [0.5, 0.6) is 0 Å². The Morgan fingerprint density at radius 3 is 2.56 bits per heavy atom. The average molecular weight is 412 g/mol. The molecule has 0 aromatic heterocycles. The number of benzene rings is 1. The van der Waals surface area contributed by atoms with E-state index in [1.807, 2.05) is 19.9 Å². The number of hydrogen-bond donors (Lipinski definition) is 1. The summed E-state index contributed by atoms with van der Waals surface area (Å²) in [6.45, 7) is 4.46. The highest BCUT2D eigenvalue weighted by molar-refractivity contribution is 7.91. The Morgan fingerprint density at radius 1 is 1.26 bits per heavy atom. The summed E-state index contributed by atoms with van der Waals surface area (Å²) < 4.78 is 24.2. The molecule has 0 bridgehead atoms. The van der Waals surface area contributed by atoms with Gasteiger partial charge in [-0.2, -0.15) is 0 Å². The van der Waals surface area contributed by atoms with Crippen LogP contribution in [0.4, 0.5) is 0 Å². The lowest BCUT2D eigenvalue weighted by molar-refractivity contribution is 0.0475. The molecule has 0 atom stereocenters. The van der Waals surface area contributed by atoms with Crippen LogP contribution < -0.4 is 5.32 Å². The molecule has 2 aliphatic carbocycles. The van der Waals surface area contributed by atoms with E-state index in [1.54, 1.807) is 12.1 Å². The van der Waals surface area contributed by atoms with Crippen molar-refractivity contribution in [2.45, 2.75) is 52.4 Å². The van der Waals surface area contributed by atoms with E-state index >= 15 is 0 Å². The lowest BCUT2D eigenvalue weighted by atomic mass is 9.60. The Morgan fingerprint density at radius 2 is 1.96 bits per heavy atom. The lowest BCUT2D eigenvalue weighted by Crippen LogP contribution is -2.48. The van der Waals surface area contributed by atoms with Crippen LogP contribution in [0.2, 0.25) is 5.02 Å². The second-order valence-electron chi connectivity index (χ2n) is 8.70. The first-order chi connectivity index (χ1) is 12.7. The van der Waals surface area contributed by atoms with Gasteiger partial charge in [-0.05, 0) is 67.6 Å². The van der Waals surface area contributed by atoms with Gasteiger partial charge in [0.25, 0.3) is 5.91 Å². The second kappa shape index (κ2) is 8.12. The van der Waals surface area contributed by atoms with Gasteiger partial charge in [0.15, 0.2) is 9.84 Å². The van der Waals surface area contributed by atoms with Crippen LogP contribution in [-0.4, -0.2) is 32.4 Å². The maximum Gasteiger partial charge on any atom is 0.252 e. The predicted octanol–water partition coefficient (Wildman–Crippen LogP) is 4.40. The number of sulfone groups is 1. The van der Waals surface area contributed by atoms with Gasteiger partial charge < -0.3 is 5.32 Å². The van der Waals surface area contributed by atoms with Crippen LogP contribution in [0.3, 0.4) is 0 Å². The molecule has 2 aliphatic rings. The largest absolute Gasteiger partial charge is 0.351 e. The molecule has 27 heavy (non-hydrogen) atoms. The normalized spacial score (nSPS) is 25.1. The van der Waals surface area contributed by atoms with Gasteiger partial charge in [-0.25, -0.2) is 8.42 Å². The fourth-order valence-corrected chi connectivity index (χ4v) is 6.58. The topological polar surface area (TPSA) is 63.2 Å². The number of hydrogen-bond acceptors (Lipinski definition) is 3. The molecular formula is C21H30ClNO3S. The standard InChI is InChI=1S/C21H30ClNO3S/c1-3-8-27(25,26)13-17-11-21(12-17,10-16-5-6-16)14-23-20(24)18-7-4-15(2)9-19(18)22/h4,7,9,16-17H,3,5-6,8,10-14H2,1-2H3,(H,23,24)/t17-,21-. The van der Waals surface area contributed by atoms with Crippen molar-refractivity contribution in [2.24, 2.45) is 17.3 Å². The number of carbonyl (C=O) groups excluding carboxylic acids is 1. The molecule has 1 N–H and O–H groups in total. The summed E-state index contributed by atoms with van der Waals surface area (Å²) in [6, 6.07) is 5.45. The number of amides is 1. The minimum atomic E-state index is -2.94. The summed E-state index contributed by atoms with van der Waals surface area (Å²) in [4.78, 5) is 12.6. The Labute approximate surface area is 168 Å². The molecule has 1 aromatic rings. The van der Waals surface area contributed by atoms with Crippen molar-refractivity contribution in [3.63, 3.8) is 0 Å². The monoisotopic (exact) mass is 411 g/mol. The van der Waals surface area contributed by atoms with E-state index in [9.17, 15) is 13.2 Å². The third-order valence-corrected chi connectivity index (χ3v) is 8.18. The molecular weight excluding hydrogens is 382 g/mol. The number of nitrogens with one attached hydrogen (secondary N) is 1. The lowest BCUT2D eigenvalue weighted by Gasteiger charge is -2.48. The van der Waals surface area contributed by atoms with E-state index < -0.39 is 9.84 Å². The zero-order valence-corrected chi connectivity index (χ0v) is 17.8. The first-order valence-corrected chi connectivity index (χ1v) is 12.2. The predicted molar refractivity (Wildman–Crippen MR) is 110 cm³/mol. The Balaban J connectivity index is 1.59. The van der Waals surface area contributed by atoms with Crippen molar-refractivity contribution in [3.05, 3.63) is 34.3 Å². The number of aryl methyl sites for hydroxylation is 1. The van der Waals surface area contributed by atoms with Crippen LogP contribution in [0.25, 0.3) is 0 Å². The first-order valence-electron chi connectivity index (χ1n) is 9.97. The van der Waals surface area contributed by atoms with Gasteiger partial charge in [-0.3, -0.25) is 4.79 Å². The number of halogens is 1. The van der Waals surface area contributed by atoms with Crippen molar-refractivity contribution >= 4 is 27.3 Å². The molecule has 6 heteroatoms. The molecule has 0 unspecified atom stereocenters. The van der Waals surface area contributed by atoms with Crippen LogP contribution in [0.1, 0.15) is 61.4 Å². The molecule has 0 saturated heterocycles. The zero-order chi connectivity index (χ0) is 19.7. The van der Waals surface area contributed by atoms with Gasteiger partial charge in [0.2, 0.25) is 0 Å². The summed E-state index contributed by atoms with van der Waals surface area (Å²) in [6.07, 6.45) is 6.09. The van der Waals surface area contributed by atoms with Crippen molar-refractivity contribution in [2.75, 3.05) is 18.1 Å². The fourth-order valence-electron chi connectivity index (χ4n) is 4.52. The summed E-state index contributed by atoms with van der Waals surface area (Å²) in [5, 5.41) is 3.54. The molecule has 1 aromatic carbocycles. The third-order valence-electron chi connectivity index (χ3n) is 5.86. The van der Waals surface area contributed by atoms with E-state index in [1.165, 1.54) is 12.8 Å². The summed E-state index contributed by atoms with van der Waals surface area (Å²) in [7, 11) is -2.94. The highest BCUT2D eigenvalue weighted by atomic mass is 35.5. The third kappa shape index (κ3) is 5.47. The van der Waals surface area contributed by atoms with Crippen molar-refractivity contribution in [3.8, 4) is 0 Å². The van der Waals surface area contributed by atoms with E-state index in [0.29, 0.717) is 29.3 Å². The van der Waals surface area contributed by atoms with Crippen LogP contribution >= 0.6 is 11.6 Å². The molecule has 3 rings (SSSR count). The summed E-state index contributed by atoms with van der Waals surface area (Å²) in [5.74, 6) is 1.42. The second-order valence-corrected chi connectivity index (χ2v) is 11.3. The van der Waals surface area contributed by atoms with E-state index in [0.717, 1.165) is 30.7 Å². The van der Waals surface area contributed by atoms with Crippen LogP contribution in [0, 0.1) is 24.2 Å². The number of carbonyl (C=O) groups is 1. The van der Waals surface area contributed by atoms with Gasteiger partial charge >= 0.3 is 0 Å². The van der Waals surface area contributed by atoms with Gasteiger partial charge in [0, 0.05) is 12.3 Å². The first kappa shape index (κ1) is 20.7. The maximum atomic E-state index is 12.6. The SMILES string of the molecule is CCCS(=O)(=O)C[C@H]1C[C@@](CNC(=O)c2ccc(C)cc2Cl)(CC2CC2)C1. The number of rotatable bonds is 9. The quantitative estimate of drug-likeness (QED) is 0.655. The van der Waals surface area contributed by atoms with Gasteiger partial charge in [-0.1, -0.05) is 37.4 Å². The Kier molecular flexibility index (Phi) is 6.21. The zero-order valence-electron chi connectivity index (χ0n) is 16.3. The Bertz CT molecular complexity index is 796.